The van der Waals surface area contributed by atoms with Crippen molar-refractivity contribution in [2.45, 2.75) is 13.0 Å². The maximum atomic E-state index is 5.06. The summed E-state index contributed by atoms with van der Waals surface area (Å²) < 4.78 is 5.06. The van der Waals surface area contributed by atoms with Gasteiger partial charge in [-0.25, -0.2) is 0 Å². The Kier molecular flexibility index (Phi) is 9.02. The highest BCUT2D eigenvalue weighted by atomic mass is 32.1. The van der Waals surface area contributed by atoms with E-state index in [2.05, 4.69) is 45.1 Å². The largest absolute Gasteiger partial charge is 0.383 e. The molecule has 0 aliphatic carbocycles. The molecule has 0 spiro atoms. The van der Waals surface area contributed by atoms with Crippen molar-refractivity contribution in [2.75, 3.05) is 47.4 Å². The molecule has 0 unspecified atom stereocenters. The van der Waals surface area contributed by atoms with Crippen LogP contribution in [0.5, 0.6) is 0 Å². The first kappa shape index (κ1) is 16.9. The predicted octanol–water partition coefficient (Wildman–Crippen LogP) is 1.38. The van der Waals surface area contributed by atoms with Crippen LogP contribution in [-0.4, -0.2) is 58.3 Å². The SMILES string of the molecule is CN=C(NCCCN(C)CCOC)NCc1cccs1. The highest BCUT2D eigenvalue weighted by molar-refractivity contribution is 7.09. The number of guanidine groups is 1. The number of methoxy groups -OCH3 is 1. The average Bonchev–Trinajstić information content (AvgIpc) is 2.97. The number of nitrogens with zero attached hydrogens (tertiary/aromatic N) is 2. The molecule has 114 valence electrons. The molecule has 20 heavy (non-hydrogen) atoms. The Morgan fingerprint density at radius 2 is 2.25 bits per heavy atom. The molecule has 1 aromatic heterocycles. The summed E-state index contributed by atoms with van der Waals surface area (Å²) in [5, 5.41) is 8.73. The summed E-state index contributed by atoms with van der Waals surface area (Å²) in [6.45, 7) is 4.56. The van der Waals surface area contributed by atoms with E-state index in [4.69, 9.17) is 4.74 Å². The van der Waals surface area contributed by atoms with Gasteiger partial charge in [0.1, 0.15) is 0 Å². The maximum Gasteiger partial charge on any atom is 0.191 e. The van der Waals surface area contributed by atoms with Crippen molar-refractivity contribution >= 4 is 17.3 Å². The van der Waals surface area contributed by atoms with Gasteiger partial charge in [-0.05, 0) is 31.5 Å². The molecule has 2 N–H and O–H groups in total. The van der Waals surface area contributed by atoms with Gasteiger partial charge in [-0.15, -0.1) is 11.3 Å². The normalized spacial score (nSPS) is 11.9. The fraction of sp³-hybridized carbons (Fsp3) is 0.643. The highest BCUT2D eigenvalue weighted by Crippen LogP contribution is 2.06. The zero-order chi connectivity index (χ0) is 14.6. The van der Waals surface area contributed by atoms with Crippen LogP contribution in [0.4, 0.5) is 0 Å². The standard InChI is InChI=1S/C14H26N4OS/c1-15-14(17-12-13-6-4-11-20-13)16-7-5-8-18(2)9-10-19-3/h4,6,11H,5,7-10,12H2,1-3H3,(H2,15,16,17). The number of thiophene rings is 1. The van der Waals surface area contributed by atoms with Gasteiger partial charge in [-0.1, -0.05) is 6.07 Å². The van der Waals surface area contributed by atoms with Gasteiger partial charge in [-0.3, -0.25) is 4.99 Å². The highest BCUT2D eigenvalue weighted by Gasteiger charge is 2.00. The topological polar surface area (TPSA) is 48.9 Å². The lowest BCUT2D eigenvalue weighted by molar-refractivity contribution is 0.161. The lowest BCUT2D eigenvalue weighted by Gasteiger charge is -2.16. The number of rotatable bonds is 9. The van der Waals surface area contributed by atoms with E-state index in [-0.39, 0.29) is 0 Å². The summed E-state index contributed by atoms with van der Waals surface area (Å²) in [6, 6.07) is 4.18. The number of hydrogen-bond acceptors (Lipinski definition) is 4. The van der Waals surface area contributed by atoms with Crippen LogP contribution in [-0.2, 0) is 11.3 Å². The first-order chi connectivity index (χ1) is 9.76. The summed E-state index contributed by atoms with van der Waals surface area (Å²) in [5.74, 6) is 0.859. The number of hydrogen-bond donors (Lipinski definition) is 2. The third-order valence-corrected chi connectivity index (χ3v) is 3.80. The zero-order valence-corrected chi connectivity index (χ0v) is 13.5. The first-order valence-corrected chi connectivity index (χ1v) is 7.78. The van der Waals surface area contributed by atoms with Crippen molar-refractivity contribution in [1.29, 1.82) is 0 Å². The molecular formula is C14H26N4OS. The van der Waals surface area contributed by atoms with Crippen molar-refractivity contribution in [2.24, 2.45) is 4.99 Å². The quantitative estimate of drug-likeness (QED) is 0.411. The first-order valence-electron chi connectivity index (χ1n) is 6.90. The second kappa shape index (κ2) is 10.7. The van der Waals surface area contributed by atoms with E-state index >= 15 is 0 Å². The second-order valence-corrected chi connectivity index (χ2v) is 5.61. The number of likely N-dealkylation sites (N-methyl/N-ethyl adjacent to an activating group) is 1. The molecule has 0 aromatic carbocycles. The summed E-state index contributed by atoms with van der Waals surface area (Å²) >= 11 is 1.75. The van der Waals surface area contributed by atoms with Gasteiger partial charge in [0.2, 0.25) is 0 Å². The number of aliphatic imine (C=N–C) groups is 1. The van der Waals surface area contributed by atoms with E-state index in [0.717, 1.165) is 45.2 Å². The molecule has 1 rings (SSSR count). The molecule has 0 aliphatic rings. The van der Waals surface area contributed by atoms with Crippen LogP contribution in [0.1, 0.15) is 11.3 Å². The Labute approximate surface area is 126 Å². The maximum absolute atomic E-state index is 5.06. The smallest absolute Gasteiger partial charge is 0.191 e. The Morgan fingerprint density at radius 3 is 2.90 bits per heavy atom. The van der Waals surface area contributed by atoms with Gasteiger partial charge in [0.05, 0.1) is 13.2 Å². The number of ether oxygens (including phenoxy) is 1. The Balaban J connectivity index is 2.09. The van der Waals surface area contributed by atoms with Crippen molar-refractivity contribution in [3.63, 3.8) is 0 Å². The summed E-state index contributed by atoms with van der Waals surface area (Å²) in [4.78, 5) is 7.80. The molecule has 0 saturated carbocycles. The molecule has 0 atom stereocenters. The van der Waals surface area contributed by atoms with Crippen LogP contribution in [0.15, 0.2) is 22.5 Å². The molecule has 0 aliphatic heterocycles. The van der Waals surface area contributed by atoms with E-state index < -0.39 is 0 Å². The van der Waals surface area contributed by atoms with Gasteiger partial charge in [0.25, 0.3) is 0 Å². The predicted molar refractivity (Wildman–Crippen MR) is 86.5 cm³/mol. The molecule has 0 radical (unpaired) electrons. The van der Waals surface area contributed by atoms with Crippen LogP contribution < -0.4 is 10.6 Å². The average molecular weight is 298 g/mol. The van der Waals surface area contributed by atoms with Gasteiger partial charge in [0, 0.05) is 32.1 Å². The summed E-state index contributed by atoms with van der Waals surface area (Å²) in [5.41, 5.74) is 0. The molecule has 1 heterocycles. The van der Waals surface area contributed by atoms with Crippen molar-refractivity contribution in [1.82, 2.24) is 15.5 Å². The molecule has 0 saturated heterocycles. The third-order valence-electron chi connectivity index (χ3n) is 2.92. The Bertz CT molecular complexity index is 367. The third kappa shape index (κ3) is 7.47. The lowest BCUT2D eigenvalue weighted by atomic mass is 10.4. The van der Waals surface area contributed by atoms with E-state index in [1.54, 1.807) is 25.5 Å². The molecule has 0 bridgehead atoms. The fourth-order valence-electron chi connectivity index (χ4n) is 1.72. The Morgan fingerprint density at radius 1 is 1.40 bits per heavy atom. The summed E-state index contributed by atoms with van der Waals surface area (Å²) in [6.07, 6.45) is 1.08. The fourth-order valence-corrected chi connectivity index (χ4v) is 2.36. The van der Waals surface area contributed by atoms with Crippen molar-refractivity contribution in [3.05, 3.63) is 22.4 Å². The van der Waals surface area contributed by atoms with E-state index in [0.29, 0.717) is 0 Å². The second-order valence-electron chi connectivity index (χ2n) is 4.58. The van der Waals surface area contributed by atoms with E-state index in [1.807, 2.05) is 0 Å². The van der Waals surface area contributed by atoms with Crippen LogP contribution in [0.3, 0.4) is 0 Å². The molecule has 0 fully saturated rings. The molecular weight excluding hydrogens is 272 g/mol. The van der Waals surface area contributed by atoms with Gasteiger partial charge < -0.3 is 20.3 Å². The monoisotopic (exact) mass is 298 g/mol. The van der Waals surface area contributed by atoms with Crippen LogP contribution >= 0.6 is 11.3 Å². The van der Waals surface area contributed by atoms with Crippen molar-refractivity contribution in [3.8, 4) is 0 Å². The minimum Gasteiger partial charge on any atom is -0.383 e. The van der Waals surface area contributed by atoms with Gasteiger partial charge in [-0.2, -0.15) is 0 Å². The van der Waals surface area contributed by atoms with Gasteiger partial charge in [0.15, 0.2) is 5.96 Å². The zero-order valence-electron chi connectivity index (χ0n) is 12.7. The number of nitrogens with one attached hydrogen (secondary N) is 2. The van der Waals surface area contributed by atoms with Crippen LogP contribution in [0.2, 0.25) is 0 Å². The minimum absolute atomic E-state index is 0.786. The van der Waals surface area contributed by atoms with Crippen LogP contribution in [0, 0.1) is 0 Å². The molecule has 0 amide bonds. The Hall–Kier alpha value is -1.11. The summed E-state index contributed by atoms with van der Waals surface area (Å²) in [7, 11) is 5.65. The minimum atomic E-state index is 0.786. The lowest BCUT2D eigenvalue weighted by Crippen LogP contribution is -2.38. The van der Waals surface area contributed by atoms with E-state index in [1.165, 1.54) is 4.88 Å². The molecule has 5 nitrogen and oxygen atoms in total. The van der Waals surface area contributed by atoms with E-state index in [9.17, 15) is 0 Å². The van der Waals surface area contributed by atoms with Gasteiger partial charge >= 0.3 is 0 Å². The molecule has 1 aromatic rings. The van der Waals surface area contributed by atoms with Crippen molar-refractivity contribution < 1.29 is 4.74 Å². The molecule has 6 heteroatoms. The van der Waals surface area contributed by atoms with Crippen LogP contribution in [0.25, 0.3) is 0 Å².